The van der Waals surface area contributed by atoms with E-state index in [0.717, 1.165) is 6.42 Å². The Morgan fingerprint density at radius 3 is 2.44 bits per heavy atom. The quantitative estimate of drug-likeness (QED) is 0.856. The first-order valence-electron chi connectivity index (χ1n) is 10.2. The molecule has 2 N–H and O–H groups in total. The molecule has 1 aliphatic carbocycles. The van der Waals surface area contributed by atoms with Crippen LogP contribution in [0, 0.1) is 17.7 Å². The van der Waals surface area contributed by atoms with Gasteiger partial charge in [0.2, 0.25) is 11.8 Å². The Hall–Kier alpha value is -1.95. The standard InChI is InChI=1S/C21H28FN3O2/c22-16-5-7-17(8-6-16)23-20(26)14-9-11-25(12-10-14)21(27)19-13-15-3-1-2-4-18(15)24-19/h5-8,14-15,18-19,24H,1-4,9-13H2,(H,23,26). The summed E-state index contributed by atoms with van der Waals surface area (Å²) < 4.78 is 13.0. The van der Waals surface area contributed by atoms with Gasteiger partial charge in [0.05, 0.1) is 6.04 Å². The molecule has 3 atom stereocenters. The molecule has 0 aromatic heterocycles. The molecule has 146 valence electrons. The highest BCUT2D eigenvalue weighted by Gasteiger charge is 2.40. The van der Waals surface area contributed by atoms with Crippen LogP contribution in [0.1, 0.15) is 44.9 Å². The lowest BCUT2D eigenvalue weighted by atomic mass is 9.85. The Bertz CT molecular complexity index is 671. The number of rotatable bonds is 3. The minimum absolute atomic E-state index is 0.0392. The summed E-state index contributed by atoms with van der Waals surface area (Å²) in [5.74, 6) is 0.408. The fraction of sp³-hybridized carbons (Fsp3) is 0.619. The molecule has 0 spiro atoms. The van der Waals surface area contributed by atoms with Crippen molar-refractivity contribution in [2.75, 3.05) is 18.4 Å². The van der Waals surface area contributed by atoms with E-state index in [1.807, 2.05) is 4.90 Å². The molecule has 0 radical (unpaired) electrons. The Morgan fingerprint density at radius 2 is 1.74 bits per heavy atom. The first-order valence-corrected chi connectivity index (χ1v) is 10.2. The number of hydrogen-bond acceptors (Lipinski definition) is 3. The molecule has 3 aliphatic rings. The van der Waals surface area contributed by atoms with Gasteiger partial charge >= 0.3 is 0 Å². The first kappa shape index (κ1) is 18.4. The van der Waals surface area contributed by atoms with Crippen molar-refractivity contribution in [1.29, 1.82) is 0 Å². The van der Waals surface area contributed by atoms with E-state index in [9.17, 15) is 14.0 Å². The Kier molecular flexibility index (Phi) is 5.43. The summed E-state index contributed by atoms with van der Waals surface area (Å²) in [7, 11) is 0. The van der Waals surface area contributed by atoms with E-state index in [0.29, 0.717) is 43.6 Å². The van der Waals surface area contributed by atoms with Crippen LogP contribution in [-0.4, -0.2) is 41.9 Å². The van der Waals surface area contributed by atoms with Crippen LogP contribution in [0.25, 0.3) is 0 Å². The number of nitrogens with zero attached hydrogens (tertiary/aromatic N) is 1. The van der Waals surface area contributed by atoms with Crippen LogP contribution in [0.15, 0.2) is 24.3 Å². The van der Waals surface area contributed by atoms with Crippen LogP contribution in [0.2, 0.25) is 0 Å². The zero-order valence-corrected chi connectivity index (χ0v) is 15.6. The number of benzene rings is 1. The van der Waals surface area contributed by atoms with Gasteiger partial charge in [0.1, 0.15) is 5.82 Å². The number of piperidine rings is 1. The van der Waals surface area contributed by atoms with Crippen molar-refractivity contribution in [3.63, 3.8) is 0 Å². The molecule has 2 saturated heterocycles. The molecule has 3 unspecified atom stereocenters. The van der Waals surface area contributed by atoms with E-state index < -0.39 is 0 Å². The maximum Gasteiger partial charge on any atom is 0.239 e. The van der Waals surface area contributed by atoms with E-state index in [1.165, 1.54) is 37.8 Å². The van der Waals surface area contributed by atoms with Crippen LogP contribution >= 0.6 is 0 Å². The van der Waals surface area contributed by atoms with E-state index in [1.54, 1.807) is 12.1 Å². The smallest absolute Gasteiger partial charge is 0.239 e. The number of nitrogens with one attached hydrogen (secondary N) is 2. The van der Waals surface area contributed by atoms with Crippen LogP contribution in [-0.2, 0) is 9.59 Å². The zero-order valence-electron chi connectivity index (χ0n) is 15.6. The van der Waals surface area contributed by atoms with Crippen LogP contribution in [0.4, 0.5) is 10.1 Å². The molecule has 1 aromatic rings. The number of amides is 2. The van der Waals surface area contributed by atoms with Gasteiger partial charge in [0.25, 0.3) is 0 Å². The summed E-state index contributed by atoms with van der Waals surface area (Å²) in [6.45, 7) is 1.27. The lowest BCUT2D eigenvalue weighted by Crippen LogP contribution is -2.49. The highest BCUT2D eigenvalue weighted by atomic mass is 19.1. The van der Waals surface area contributed by atoms with Crippen molar-refractivity contribution < 1.29 is 14.0 Å². The molecule has 2 aliphatic heterocycles. The molecule has 27 heavy (non-hydrogen) atoms. The molecule has 2 amide bonds. The molecule has 1 saturated carbocycles. The molecular formula is C21H28FN3O2. The Labute approximate surface area is 159 Å². The average Bonchev–Trinajstić information content (AvgIpc) is 3.13. The number of likely N-dealkylation sites (tertiary alicyclic amines) is 1. The van der Waals surface area contributed by atoms with Crippen molar-refractivity contribution in [1.82, 2.24) is 10.2 Å². The Balaban J connectivity index is 1.26. The molecule has 0 bridgehead atoms. The van der Waals surface area contributed by atoms with Gasteiger partial charge < -0.3 is 15.5 Å². The zero-order chi connectivity index (χ0) is 18.8. The van der Waals surface area contributed by atoms with E-state index in [4.69, 9.17) is 0 Å². The Morgan fingerprint density at radius 1 is 1.04 bits per heavy atom. The lowest BCUT2D eigenvalue weighted by molar-refractivity contribution is -0.136. The SMILES string of the molecule is O=C(Nc1ccc(F)cc1)C1CCN(C(=O)C2CC3CCCCC3N2)CC1. The molecule has 3 fully saturated rings. The highest BCUT2D eigenvalue weighted by molar-refractivity contribution is 5.92. The summed E-state index contributed by atoms with van der Waals surface area (Å²) in [5, 5.41) is 6.41. The fourth-order valence-corrected chi connectivity index (χ4v) is 4.87. The maximum atomic E-state index is 13.0. The number of anilines is 1. The number of hydrogen-bond donors (Lipinski definition) is 2. The van der Waals surface area contributed by atoms with Gasteiger partial charge in [-0.25, -0.2) is 4.39 Å². The minimum atomic E-state index is -0.319. The van der Waals surface area contributed by atoms with Gasteiger partial charge in [-0.1, -0.05) is 12.8 Å². The van der Waals surface area contributed by atoms with Gasteiger partial charge in [-0.3, -0.25) is 9.59 Å². The molecule has 1 aromatic carbocycles. The van der Waals surface area contributed by atoms with Crippen molar-refractivity contribution in [3.8, 4) is 0 Å². The summed E-state index contributed by atoms with van der Waals surface area (Å²) in [6.07, 6.45) is 7.32. The van der Waals surface area contributed by atoms with Crippen molar-refractivity contribution >= 4 is 17.5 Å². The number of carbonyl (C=O) groups excluding carboxylic acids is 2. The second-order valence-corrected chi connectivity index (χ2v) is 8.20. The maximum absolute atomic E-state index is 13.0. The summed E-state index contributed by atoms with van der Waals surface area (Å²) in [5.41, 5.74) is 0.609. The van der Waals surface area contributed by atoms with Gasteiger partial charge in [-0.2, -0.15) is 0 Å². The normalized spacial score (nSPS) is 28.6. The molecule has 4 rings (SSSR count). The lowest BCUT2D eigenvalue weighted by Gasteiger charge is -2.33. The van der Waals surface area contributed by atoms with E-state index in [2.05, 4.69) is 10.6 Å². The topological polar surface area (TPSA) is 61.4 Å². The van der Waals surface area contributed by atoms with Crippen molar-refractivity contribution in [3.05, 3.63) is 30.1 Å². The second kappa shape index (κ2) is 7.97. The summed E-state index contributed by atoms with van der Waals surface area (Å²) in [4.78, 5) is 27.2. The minimum Gasteiger partial charge on any atom is -0.341 e. The monoisotopic (exact) mass is 373 g/mol. The van der Waals surface area contributed by atoms with Gasteiger partial charge in [-0.15, -0.1) is 0 Å². The highest BCUT2D eigenvalue weighted by Crippen LogP contribution is 2.34. The molecule has 2 heterocycles. The van der Waals surface area contributed by atoms with E-state index >= 15 is 0 Å². The van der Waals surface area contributed by atoms with Crippen molar-refractivity contribution in [2.45, 2.75) is 57.0 Å². The van der Waals surface area contributed by atoms with Crippen LogP contribution in [0.3, 0.4) is 0 Å². The van der Waals surface area contributed by atoms with Crippen LogP contribution in [0.5, 0.6) is 0 Å². The molecule has 6 heteroatoms. The van der Waals surface area contributed by atoms with Crippen molar-refractivity contribution in [2.24, 2.45) is 11.8 Å². The number of carbonyl (C=O) groups is 2. The third-order valence-electron chi connectivity index (χ3n) is 6.45. The number of halogens is 1. The van der Waals surface area contributed by atoms with E-state index in [-0.39, 0.29) is 29.6 Å². The number of fused-ring (bicyclic) bond motifs is 1. The molecular weight excluding hydrogens is 345 g/mol. The van der Waals surface area contributed by atoms with Gasteiger partial charge in [0.15, 0.2) is 0 Å². The third kappa shape index (κ3) is 4.15. The van der Waals surface area contributed by atoms with Gasteiger partial charge in [-0.05, 0) is 62.3 Å². The third-order valence-corrected chi connectivity index (χ3v) is 6.45. The van der Waals surface area contributed by atoms with Crippen LogP contribution < -0.4 is 10.6 Å². The summed E-state index contributed by atoms with van der Waals surface area (Å²) in [6, 6.07) is 6.29. The first-order chi connectivity index (χ1) is 13.1. The largest absolute Gasteiger partial charge is 0.341 e. The average molecular weight is 373 g/mol. The predicted octanol–water partition coefficient (Wildman–Crippen LogP) is 2.92. The summed E-state index contributed by atoms with van der Waals surface area (Å²) >= 11 is 0. The molecule has 5 nitrogen and oxygen atoms in total. The van der Waals surface area contributed by atoms with Gasteiger partial charge in [0, 0.05) is 30.7 Å². The fourth-order valence-electron chi connectivity index (χ4n) is 4.87. The predicted molar refractivity (Wildman–Crippen MR) is 102 cm³/mol. The second-order valence-electron chi connectivity index (χ2n) is 8.20.